The number of benzene rings is 2. The topological polar surface area (TPSA) is 115 Å². The lowest BCUT2D eigenvalue weighted by Gasteiger charge is -2.16. The smallest absolute Gasteiger partial charge is 0.322 e. The summed E-state index contributed by atoms with van der Waals surface area (Å²) in [5, 5.41) is 9.70. The minimum atomic E-state index is -2.92. The van der Waals surface area contributed by atoms with E-state index in [-0.39, 0.29) is 18.5 Å². The van der Waals surface area contributed by atoms with Gasteiger partial charge >= 0.3 is 5.97 Å². The van der Waals surface area contributed by atoms with Crippen LogP contribution in [0.1, 0.15) is 37.4 Å². The van der Waals surface area contributed by atoms with Gasteiger partial charge in [-0.1, -0.05) is 32.0 Å². The fourth-order valence-electron chi connectivity index (χ4n) is 3.88. The van der Waals surface area contributed by atoms with Crippen LogP contribution in [-0.2, 0) is 14.1 Å². The second kappa shape index (κ2) is 11.6. The van der Waals surface area contributed by atoms with Gasteiger partial charge in [0, 0.05) is 17.3 Å². The van der Waals surface area contributed by atoms with Gasteiger partial charge in [-0.3, -0.25) is 14.3 Å². The zero-order valence-corrected chi connectivity index (χ0v) is 21.2. The number of fused-ring (bicyclic) bond motifs is 1. The molecule has 0 spiro atoms. The molecule has 2 N–H and O–H groups in total. The number of pyridine rings is 1. The van der Waals surface area contributed by atoms with Gasteiger partial charge < -0.3 is 24.2 Å². The molecule has 0 bridgehead atoms. The lowest BCUT2D eigenvalue weighted by molar-refractivity contribution is -0.138. The molecule has 0 radical (unpaired) electrons. The van der Waals surface area contributed by atoms with Crippen molar-refractivity contribution >= 4 is 14.0 Å². The molecule has 37 heavy (non-hydrogen) atoms. The molecule has 4 rings (SSSR count). The summed E-state index contributed by atoms with van der Waals surface area (Å²) in [6, 6.07) is 13.3. The number of carbonyl (C=O) groups is 1. The molecule has 192 valence electrons. The Bertz CT molecular complexity index is 1400. The van der Waals surface area contributed by atoms with Gasteiger partial charge in [-0.2, -0.15) is 0 Å². The number of hydrogen-bond acceptors (Lipinski definition) is 7. The fraction of sp³-hybridized carbons (Fsp3) is 0.259. The highest BCUT2D eigenvalue weighted by Gasteiger charge is 2.23. The van der Waals surface area contributed by atoms with Crippen LogP contribution in [-0.4, -0.2) is 40.0 Å². The number of aliphatic hydroxyl groups excluding tert-OH is 1. The summed E-state index contributed by atoms with van der Waals surface area (Å²) < 4.78 is 40.7. The molecule has 2 unspecified atom stereocenters. The van der Waals surface area contributed by atoms with Crippen LogP contribution in [0.3, 0.4) is 0 Å². The van der Waals surface area contributed by atoms with E-state index in [1.54, 1.807) is 18.2 Å². The molecule has 2 heterocycles. The summed E-state index contributed by atoms with van der Waals surface area (Å²) in [6.45, 7) is 3.99. The third-order valence-corrected chi connectivity index (χ3v) is 6.40. The van der Waals surface area contributed by atoms with E-state index in [1.807, 2.05) is 32.0 Å². The summed E-state index contributed by atoms with van der Waals surface area (Å²) in [5.41, 5.74) is 3.77. The average molecular weight is 525 g/mol. The highest BCUT2D eigenvalue weighted by molar-refractivity contribution is 7.38. The van der Waals surface area contributed by atoms with Gasteiger partial charge in [0.15, 0.2) is 19.5 Å². The van der Waals surface area contributed by atoms with Crippen LogP contribution >= 0.6 is 8.03 Å². The van der Waals surface area contributed by atoms with E-state index in [2.05, 4.69) is 12.0 Å². The summed E-state index contributed by atoms with van der Waals surface area (Å²) in [5.74, 6) is 2.74. The van der Waals surface area contributed by atoms with Gasteiger partial charge in [-0.25, -0.2) is 4.39 Å². The lowest BCUT2D eigenvalue weighted by atomic mass is 9.92. The van der Waals surface area contributed by atoms with Crippen LogP contribution < -0.4 is 9.47 Å². The van der Waals surface area contributed by atoms with E-state index >= 15 is 0 Å². The van der Waals surface area contributed by atoms with E-state index in [9.17, 15) is 18.9 Å². The third kappa shape index (κ3) is 6.36. The molecular weight excluding hydrogens is 500 g/mol. The molecule has 1 aliphatic heterocycles. The quantitative estimate of drug-likeness (QED) is 0.264. The molecule has 0 aliphatic carbocycles. The van der Waals surface area contributed by atoms with E-state index in [0.29, 0.717) is 39.6 Å². The summed E-state index contributed by atoms with van der Waals surface area (Å²) >= 11 is 0. The molecule has 2 atom stereocenters. The standard InChI is InChI=1S/C27H25FNO7P/c1-16(2)26-20(10-11-34-25(31)12-19(30)14-37(32)33)22(17-6-8-18(28)9-7-17)13-23(29-26)21-4-3-5-24-27(21)36-15-35-24/h3-9,13,16,19,30,37H,12,14-15H2,1-2H3,(H,32,33). The first-order valence-electron chi connectivity index (χ1n) is 11.5. The Morgan fingerprint density at radius 2 is 1.95 bits per heavy atom. The highest BCUT2D eigenvalue weighted by atomic mass is 31.1. The average Bonchev–Trinajstić information content (AvgIpc) is 3.33. The molecule has 3 aromatic rings. The van der Waals surface area contributed by atoms with Crippen molar-refractivity contribution in [1.82, 2.24) is 4.98 Å². The van der Waals surface area contributed by atoms with E-state index in [1.165, 1.54) is 12.1 Å². The predicted octanol–water partition coefficient (Wildman–Crippen LogP) is 4.48. The van der Waals surface area contributed by atoms with Crippen LogP contribution in [0.15, 0.2) is 48.5 Å². The van der Waals surface area contributed by atoms with E-state index in [4.69, 9.17) is 24.1 Å². The molecule has 10 heteroatoms. The maximum Gasteiger partial charge on any atom is 0.322 e. The van der Waals surface area contributed by atoms with Gasteiger partial charge in [0.25, 0.3) is 0 Å². The summed E-state index contributed by atoms with van der Waals surface area (Å²) in [4.78, 5) is 25.8. The number of rotatable bonds is 7. The molecule has 0 saturated carbocycles. The van der Waals surface area contributed by atoms with Crippen LogP contribution in [0.4, 0.5) is 4.39 Å². The number of halogens is 1. The Hall–Kier alpha value is -3.70. The van der Waals surface area contributed by atoms with Gasteiger partial charge in [0.05, 0.1) is 29.5 Å². The number of nitrogens with zero attached hydrogens (tertiary/aromatic N) is 1. The Kier molecular flexibility index (Phi) is 8.24. The van der Waals surface area contributed by atoms with Crippen molar-refractivity contribution in [3.63, 3.8) is 0 Å². The number of aliphatic hydroxyl groups is 1. The molecular formula is C27H25FNO7P. The van der Waals surface area contributed by atoms with Crippen molar-refractivity contribution in [3.05, 3.63) is 65.6 Å². The fourth-order valence-corrected chi connectivity index (χ4v) is 4.43. The minimum Gasteiger partial charge on any atom is -0.454 e. The zero-order valence-electron chi connectivity index (χ0n) is 20.2. The Labute approximate surface area is 213 Å². The SMILES string of the molecule is CC(C)c1nc(-c2cccc3c2OCO3)cc(-c2ccc(F)cc2)c1C#COC(=O)CC(O)C[PH](=O)O. The van der Waals surface area contributed by atoms with Crippen molar-refractivity contribution in [2.24, 2.45) is 0 Å². The van der Waals surface area contributed by atoms with Gasteiger partial charge in [-0.15, -0.1) is 0 Å². The molecule has 1 aliphatic rings. The largest absolute Gasteiger partial charge is 0.454 e. The molecule has 1 aromatic heterocycles. The van der Waals surface area contributed by atoms with Crippen molar-refractivity contribution in [1.29, 1.82) is 0 Å². The van der Waals surface area contributed by atoms with Crippen LogP contribution in [0.5, 0.6) is 11.5 Å². The summed E-state index contributed by atoms with van der Waals surface area (Å²) in [6.07, 6.45) is 0.210. The number of ether oxygens (including phenoxy) is 3. The number of aromatic nitrogens is 1. The van der Waals surface area contributed by atoms with Crippen molar-refractivity contribution in [2.75, 3.05) is 13.0 Å². The number of para-hydroxylation sites is 1. The van der Waals surface area contributed by atoms with Crippen molar-refractivity contribution in [2.45, 2.75) is 32.3 Å². The first kappa shape index (κ1) is 26.4. The maximum atomic E-state index is 13.7. The lowest BCUT2D eigenvalue weighted by Crippen LogP contribution is -2.16. The maximum absolute atomic E-state index is 13.7. The van der Waals surface area contributed by atoms with Crippen LogP contribution in [0, 0.1) is 17.8 Å². The number of carbonyl (C=O) groups excluding carboxylic acids is 1. The number of hydrogen-bond donors (Lipinski definition) is 2. The second-order valence-electron chi connectivity index (χ2n) is 8.67. The van der Waals surface area contributed by atoms with Crippen LogP contribution in [0.2, 0.25) is 0 Å². The van der Waals surface area contributed by atoms with Gasteiger partial charge in [0.2, 0.25) is 6.79 Å². The van der Waals surface area contributed by atoms with E-state index in [0.717, 1.165) is 5.56 Å². The second-order valence-corrected chi connectivity index (χ2v) is 9.87. The normalized spacial score (nSPS) is 13.6. The number of esters is 1. The third-order valence-electron chi connectivity index (χ3n) is 5.58. The molecule has 0 fully saturated rings. The van der Waals surface area contributed by atoms with Crippen molar-refractivity contribution in [3.8, 4) is 45.9 Å². The first-order valence-corrected chi connectivity index (χ1v) is 13.1. The molecule has 0 saturated heterocycles. The van der Waals surface area contributed by atoms with Crippen LogP contribution in [0.25, 0.3) is 22.4 Å². The Morgan fingerprint density at radius 3 is 2.65 bits per heavy atom. The summed E-state index contributed by atoms with van der Waals surface area (Å²) in [7, 11) is -2.92. The van der Waals surface area contributed by atoms with Gasteiger partial charge in [-0.05, 0) is 47.7 Å². The molecule has 0 amide bonds. The monoisotopic (exact) mass is 525 g/mol. The highest BCUT2D eigenvalue weighted by Crippen LogP contribution is 2.42. The first-order chi connectivity index (χ1) is 17.7. The van der Waals surface area contributed by atoms with Gasteiger partial charge in [0.1, 0.15) is 11.9 Å². The van der Waals surface area contributed by atoms with E-state index < -0.39 is 32.7 Å². The molecule has 2 aromatic carbocycles. The Morgan fingerprint density at radius 1 is 1.19 bits per heavy atom. The van der Waals surface area contributed by atoms with Crippen molar-refractivity contribution < 1.29 is 38.0 Å². The Balaban J connectivity index is 1.77. The predicted molar refractivity (Wildman–Crippen MR) is 135 cm³/mol. The minimum absolute atomic E-state index is 0.0860. The zero-order chi connectivity index (χ0) is 26.5. The molecule has 8 nitrogen and oxygen atoms in total.